The summed E-state index contributed by atoms with van der Waals surface area (Å²) in [6.45, 7) is 3.89. The van der Waals surface area contributed by atoms with Crippen molar-refractivity contribution in [3.8, 4) is 0 Å². The van der Waals surface area contributed by atoms with E-state index in [-0.39, 0.29) is 0 Å². The summed E-state index contributed by atoms with van der Waals surface area (Å²) in [5.74, 6) is 0.812. The molecule has 0 aliphatic carbocycles. The second kappa shape index (κ2) is 4.32. The van der Waals surface area contributed by atoms with E-state index in [1.165, 1.54) is 11.8 Å². The van der Waals surface area contributed by atoms with Crippen LogP contribution in [0.2, 0.25) is 0 Å². The number of nitrogens with zero attached hydrogens (tertiary/aromatic N) is 3. The van der Waals surface area contributed by atoms with Gasteiger partial charge < -0.3 is 0 Å². The Morgan fingerprint density at radius 3 is 2.80 bits per heavy atom. The third kappa shape index (κ3) is 2.57. The number of hydrogen-bond donors (Lipinski definition) is 1. The molecule has 78 valence electrons. The molecule has 0 saturated carbocycles. The van der Waals surface area contributed by atoms with Gasteiger partial charge in [0.05, 0.1) is 0 Å². The average molecular weight is 285 g/mol. The van der Waals surface area contributed by atoms with E-state index in [4.69, 9.17) is 0 Å². The number of nitrogens with one attached hydrogen (secondary N) is 1. The predicted molar refractivity (Wildman–Crippen MR) is 61.9 cm³/mol. The lowest BCUT2D eigenvalue weighted by Crippen LogP contribution is -1.86. The number of aryl methyl sites for hydroxylation is 2. The zero-order chi connectivity index (χ0) is 10.8. The number of aromatic amines is 1. The summed E-state index contributed by atoms with van der Waals surface area (Å²) in [6.07, 6.45) is 1.77. The molecule has 0 spiro atoms. The molecule has 0 aromatic carbocycles. The number of aromatic nitrogens is 4. The molecule has 6 heteroatoms. The van der Waals surface area contributed by atoms with Crippen LogP contribution in [0.5, 0.6) is 0 Å². The van der Waals surface area contributed by atoms with Gasteiger partial charge in [-0.25, -0.2) is 9.97 Å². The first-order valence-corrected chi connectivity index (χ1v) is 5.95. The first kappa shape index (κ1) is 10.6. The van der Waals surface area contributed by atoms with Crippen LogP contribution in [-0.4, -0.2) is 20.2 Å². The Morgan fingerprint density at radius 1 is 1.40 bits per heavy atom. The summed E-state index contributed by atoms with van der Waals surface area (Å²) < 4.78 is 0.982. The Kier molecular flexibility index (Phi) is 3.06. The highest BCUT2D eigenvalue weighted by Crippen LogP contribution is 2.26. The van der Waals surface area contributed by atoms with Gasteiger partial charge in [-0.05, 0) is 53.2 Å². The summed E-state index contributed by atoms with van der Waals surface area (Å²) in [5, 5.41) is 8.48. The van der Waals surface area contributed by atoms with E-state index in [1.54, 1.807) is 6.20 Å². The van der Waals surface area contributed by atoms with E-state index in [0.717, 1.165) is 20.9 Å². The maximum absolute atomic E-state index is 4.30. The fraction of sp³-hybridized carbons (Fsp3) is 0.222. The lowest BCUT2D eigenvalue weighted by atomic mass is 10.3. The van der Waals surface area contributed by atoms with Gasteiger partial charge in [0.1, 0.15) is 10.9 Å². The highest BCUT2D eigenvalue weighted by molar-refractivity contribution is 9.10. The maximum Gasteiger partial charge on any atom is 0.214 e. The molecule has 0 aliphatic rings. The van der Waals surface area contributed by atoms with Crippen LogP contribution in [0.1, 0.15) is 11.4 Å². The monoisotopic (exact) mass is 284 g/mol. The number of H-pyrrole nitrogens is 1. The molecule has 2 aromatic heterocycles. The number of pyridine rings is 1. The van der Waals surface area contributed by atoms with Crippen molar-refractivity contribution >= 4 is 27.7 Å². The van der Waals surface area contributed by atoms with Crippen molar-refractivity contribution in [3.05, 3.63) is 28.1 Å². The maximum atomic E-state index is 4.30. The van der Waals surface area contributed by atoms with E-state index in [1.807, 2.05) is 19.9 Å². The lowest BCUT2D eigenvalue weighted by Gasteiger charge is -2.01. The summed E-state index contributed by atoms with van der Waals surface area (Å²) in [7, 11) is 0. The molecule has 0 radical (unpaired) electrons. The Morgan fingerprint density at radius 2 is 2.20 bits per heavy atom. The fourth-order valence-electron chi connectivity index (χ4n) is 1.09. The second-order valence-electron chi connectivity index (χ2n) is 3.08. The van der Waals surface area contributed by atoms with Crippen LogP contribution in [-0.2, 0) is 0 Å². The molecular weight excluding hydrogens is 276 g/mol. The molecule has 2 rings (SSSR count). The van der Waals surface area contributed by atoms with Crippen molar-refractivity contribution in [1.82, 2.24) is 20.2 Å². The van der Waals surface area contributed by atoms with Crippen molar-refractivity contribution in [2.24, 2.45) is 0 Å². The van der Waals surface area contributed by atoms with Gasteiger partial charge in [0, 0.05) is 10.7 Å². The summed E-state index contributed by atoms with van der Waals surface area (Å²) in [5.41, 5.74) is 1.11. The Labute approximate surface area is 100 Å². The number of halogens is 1. The minimum Gasteiger partial charge on any atom is -0.262 e. The first-order chi connectivity index (χ1) is 7.15. The molecule has 2 heterocycles. The highest BCUT2D eigenvalue weighted by atomic mass is 79.9. The number of rotatable bonds is 2. The van der Waals surface area contributed by atoms with Gasteiger partial charge in [-0.2, -0.15) is 0 Å². The third-order valence-electron chi connectivity index (χ3n) is 1.76. The van der Waals surface area contributed by atoms with E-state index in [2.05, 4.69) is 36.1 Å². The van der Waals surface area contributed by atoms with E-state index < -0.39 is 0 Å². The van der Waals surface area contributed by atoms with Crippen LogP contribution in [0.3, 0.4) is 0 Å². The van der Waals surface area contributed by atoms with Gasteiger partial charge in [-0.1, -0.05) is 0 Å². The quantitative estimate of drug-likeness (QED) is 0.921. The second-order valence-corrected chi connectivity index (χ2v) is 4.95. The van der Waals surface area contributed by atoms with Crippen LogP contribution >= 0.6 is 27.7 Å². The van der Waals surface area contributed by atoms with Crippen molar-refractivity contribution < 1.29 is 0 Å². The summed E-state index contributed by atoms with van der Waals surface area (Å²) >= 11 is 4.83. The van der Waals surface area contributed by atoms with Crippen molar-refractivity contribution in [2.75, 3.05) is 0 Å². The summed E-state index contributed by atoms with van der Waals surface area (Å²) in [4.78, 5) is 8.52. The number of hydrogen-bond acceptors (Lipinski definition) is 4. The van der Waals surface area contributed by atoms with Gasteiger partial charge in [0.15, 0.2) is 0 Å². The minimum atomic E-state index is 0.699. The molecule has 0 unspecified atom stereocenters. The first-order valence-electron chi connectivity index (χ1n) is 4.34. The fourth-order valence-corrected chi connectivity index (χ4v) is 2.31. The zero-order valence-corrected chi connectivity index (χ0v) is 10.7. The molecule has 0 saturated heterocycles. The Hall–Kier alpha value is -0.880. The Bertz CT molecular complexity index is 483. The van der Waals surface area contributed by atoms with Crippen LogP contribution in [0.15, 0.2) is 26.9 Å². The predicted octanol–water partition coefficient (Wildman–Crippen LogP) is 2.73. The Balaban J connectivity index is 2.24. The minimum absolute atomic E-state index is 0.699. The molecule has 0 atom stereocenters. The van der Waals surface area contributed by atoms with Gasteiger partial charge in [-0.3, -0.25) is 5.10 Å². The van der Waals surface area contributed by atoms with Crippen molar-refractivity contribution in [2.45, 2.75) is 24.0 Å². The molecule has 0 aliphatic heterocycles. The van der Waals surface area contributed by atoms with Crippen molar-refractivity contribution in [1.29, 1.82) is 0 Å². The van der Waals surface area contributed by atoms with Crippen LogP contribution in [0.4, 0.5) is 0 Å². The third-order valence-corrected chi connectivity index (χ3v) is 3.18. The molecule has 0 amide bonds. The average Bonchev–Trinajstić information content (AvgIpc) is 2.56. The topological polar surface area (TPSA) is 54.5 Å². The molecule has 1 N–H and O–H groups in total. The van der Waals surface area contributed by atoms with E-state index >= 15 is 0 Å². The zero-order valence-electron chi connectivity index (χ0n) is 8.28. The van der Waals surface area contributed by atoms with Crippen LogP contribution < -0.4 is 0 Å². The van der Waals surface area contributed by atoms with Crippen LogP contribution in [0, 0.1) is 13.8 Å². The molecular formula is C9H9BrN4S. The molecule has 0 bridgehead atoms. The molecule has 15 heavy (non-hydrogen) atoms. The van der Waals surface area contributed by atoms with E-state index in [0.29, 0.717) is 5.16 Å². The summed E-state index contributed by atoms with van der Waals surface area (Å²) in [6, 6.07) is 2.02. The SMILES string of the molecule is Cc1nc(Sc2ncc(Br)cc2C)n[nH]1. The normalized spacial score (nSPS) is 10.6. The van der Waals surface area contributed by atoms with Gasteiger partial charge in [0.2, 0.25) is 5.16 Å². The molecule has 4 nitrogen and oxygen atoms in total. The van der Waals surface area contributed by atoms with E-state index in [9.17, 15) is 0 Å². The standard InChI is InChI=1S/C9H9BrN4S/c1-5-3-7(10)4-11-8(5)15-9-12-6(2)13-14-9/h3-4H,1-2H3,(H,12,13,14). The van der Waals surface area contributed by atoms with Gasteiger partial charge in [-0.15, -0.1) is 5.10 Å². The van der Waals surface area contributed by atoms with Crippen molar-refractivity contribution in [3.63, 3.8) is 0 Å². The lowest BCUT2D eigenvalue weighted by molar-refractivity contribution is 0.960. The van der Waals surface area contributed by atoms with Crippen LogP contribution in [0.25, 0.3) is 0 Å². The smallest absolute Gasteiger partial charge is 0.214 e. The van der Waals surface area contributed by atoms with Gasteiger partial charge >= 0.3 is 0 Å². The molecule has 2 aromatic rings. The van der Waals surface area contributed by atoms with Gasteiger partial charge in [0.25, 0.3) is 0 Å². The highest BCUT2D eigenvalue weighted by Gasteiger charge is 2.06. The largest absolute Gasteiger partial charge is 0.262 e. The molecule has 0 fully saturated rings.